The molecule has 0 heterocycles. The van der Waals surface area contributed by atoms with Gasteiger partial charge >= 0.3 is 12.1 Å². The number of ether oxygens (including phenoxy) is 1. The van der Waals surface area contributed by atoms with Crippen molar-refractivity contribution >= 4 is 11.9 Å². The molecule has 0 saturated heterocycles. The van der Waals surface area contributed by atoms with E-state index in [1.165, 1.54) is 20.1 Å². The normalized spacial score (nSPS) is 14.7. The maximum Gasteiger partial charge on any atom is 0.416 e. The minimum absolute atomic E-state index is 0.0208. The summed E-state index contributed by atoms with van der Waals surface area (Å²) >= 11 is 0. The lowest BCUT2D eigenvalue weighted by Crippen LogP contribution is -2.31. The van der Waals surface area contributed by atoms with Crippen LogP contribution in [0.25, 0.3) is 11.1 Å². The van der Waals surface area contributed by atoms with Crippen LogP contribution in [0.3, 0.4) is 0 Å². The molecule has 0 unspecified atom stereocenters. The summed E-state index contributed by atoms with van der Waals surface area (Å²) in [5.74, 6) is -1.53. The quantitative estimate of drug-likeness (QED) is 0.592. The van der Waals surface area contributed by atoms with Crippen molar-refractivity contribution in [1.82, 2.24) is 4.90 Å². The number of methoxy groups -OCH3 is 1. The Morgan fingerprint density at radius 3 is 2.38 bits per heavy atom. The molecule has 1 atom stereocenters. The van der Waals surface area contributed by atoms with Crippen molar-refractivity contribution < 1.29 is 32.6 Å². The van der Waals surface area contributed by atoms with Crippen LogP contribution in [0.2, 0.25) is 0 Å². The lowest BCUT2D eigenvalue weighted by molar-refractivity contribution is -0.139. The van der Waals surface area contributed by atoms with Gasteiger partial charge in [-0.1, -0.05) is 12.1 Å². The number of aliphatic carboxylic acids is 1. The number of benzene rings is 2. The van der Waals surface area contributed by atoms with Gasteiger partial charge in [-0.15, -0.1) is 0 Å². The van der Waals surface area contributed by atoms with Crippen molar-refractivity contribution in [1.29, 1.82) is 0 Å². The summed E-state index contributed by atoms with van der Waals surface area (Å²) in [4.78, 5) is 25.6. The number of amides is 1. The second kappa shape index (κ2) is 9.22. The highest BCUT2D eigenvalue weighted by Gasteiger charge is 2.34. The molecule has 1 N–H and O–H groups in total. The monoisotopic (exact) mass is 449 g/mol. The third kappa shape index (κ3) is 5.06. The van der Waals surface area contributed by atoms with Gasteiger partial charge in [-0.2, -0.15) is 13.2 Å². The van der Waals surface area contributed by atoms with Crippen LogP contribution in [0.4, 0.5) is 13.2 Å². The molecule has 3 rings (SSSR count). The van der Waals surface area contributed by atoms with E-state index < -0.39 is 23.6 Å². The largest absolute Gasteiger partial charge is 0.496 e. The number of carboxylic acid groups (broad SMARTS) is 1. The molecule has 1 amide bonds. The Kier molecular flexibility index (Phi) is 6.81. The van der Waals surface area contributed by atoms with Crippen LogP contribution < -0.4 is 4.74 Å². The van der Waals surface area contributed by atoms with Crippen LogP contribution in [0.5, 0.6) is 5.75 Å². The molecule has 0 bridgehead atoms. The van der Waals surface area contributed by atoms with Crippen molar-refractivity contribution in [3.63, 3.8) is 0 Å². The molecule has 0 aliphatic heterocycles. The molecule has 1 saturated carbocycles. The van der Waals surface area contributed by atoms with Crippen LogP contribution in [0, 0.1) is 5.92 Å². The van der Waals surface area contributed by atoms with E-state index in [-0.39, 0.29) is 18.4 Å². The Balaban J connectivity index is 2.13. The van der Waals surface area contributed by atoms with Crippen molar-refractivity contribution in [2.75, 3.05) is 13.7 Å². The fourth-order valence-electron chi connectivity index (χ4n) is 3.65. The maximum absolute atomic E-state index is 13.5. The van der Waals surface area contributed by atoms with Gasteiger partial charge in [0.25, 0.3) is 0 Å². The fourth-order valence-corrected chi connectivity index (χ4v) is 3.65. The number of halogens is 3. The molecule has 0 radical (unpaired) electrons. The van der Waals surface area contributed by atoms with E-state index in [0.717, 1.165) is 25.0 Å². The average Bonchev–Trinajstić information content (AvgIpc) is 3.60. The molecule has 1 fully saturated rings. The summed E-state index contributed by atoms with van der Waals surface area (Å²) in [6.45, 7) is 3.73. The molecular formula is C24H26F3NO4. The zero-order valence-corrected chi connectivity index (χ0v) is 18.2. The van der Waals surface area contributed by atoms with Gasteiger partial charge in [0.2, 0.25) is 5.91 Å². The van der Waals surface area contributed by atoms with Crippen LogP contribution >= 0.6 is 0 Å². The summed E-state index contributed by atoms with van der Waals surface area (Å²) in [6.07, 6.45) is -2.93. The number of hydrogen-bond donors (Lipinski definition) is 1. The predicted octanol–water partition coefficient (Wildman–Crippen LogP) is 5.33. The van der Waals surface area contributed by atoms with Gasteiger partial charge < -0.3 is 14.7 Å². The fraction of sp³-hybridized carbons (Fsp3) is 0.417. The highest BCUT2D eigenvalue weighted by Crippen LogP contribution is 2.39. The molecule has 32 heavy (non-hydrogen) atoms. The van der Waals surface area contributed by atoms with Gasteiger partial charge in [-0.05, 0) is 67.6 Å². The summed E-state index contributed by atoms with van der Waals surface area (Å²) in [6, 6.07) is 8.27. The third-order valence-corrected chi connectivity index (χ3v) is 5.80. The van der Waals surface area contributed by atoms with Crippen LogP contribution in [-0.4, -0.2) is 35.5 Å². The van der Waals surface area contributed by atoms with Gasteiger partial charge in [-0.3, -0.25) is 9.59 Å². The number of carbonyl (C=O) groups excluding carboxylic acids is 1. The van der Waals surface area contributed by atoms with E-state index in [1.54, 1.807) is 30.0 Å². The van der Waals surface area contributed by atoms with E-state index >= 15 is 0 Å². The van der Waals surface area contributed by atoms with Crippen LogP contribution in [0.15, 0.2) is 36.4 Å². The second-order valence-electron chi connectivity index (χ2n) is 8.02. The minimum Gasteiger partial charge on any atom is -0.496 e. The van der Waals surface area contributed by atoms with Gasteiger partial charge in [0, 0.05) is 24.6 Å². The predicted molar refractivity (Wildman–Crippen MR) is 113 cm³/mol. The molecule has 5 nitrogen and oxygen atoms in total. The molecule has 2 aromatic carbocycles. The topological polar surface area (TPSA) is 66.8 Å². The number of carbonyl (C=O) groups is 2. The Bertz CT molecular complexity index is 1010. The first kappa shape index (κ1) is 23.6. The number of alkyl halides is 3. The molecule has 1 aliphatic carbocycles. The minimum atomic E-state index is -4.53. The third-order valence-electron chi connectivity index (χ3n) is 5.80. The lowest BCUT2D eigenvalue weighted by Gasteiger charge is -2.24. The first-order valence-corrected chi connectivity index (χ1v) is 10.5. The highest BCUT2D eigenvalue weighted by molar-refractivity contribution is 5.82. The van der Waals surface area contributed by atoms with Crippen LogP contribution in [-0.2, 0) is 22.3 Å². The van der Waals surface area contributed by atoms with E-state index in [9.17, 15) is 27.9 Å². The van der Waals surface area contributed by atoms with Gasteiger partial charge in [0.15, 0.2) is 0 Å². The summed E-state index contributed by atoms with van der Waals surface area (Å²) in [5.41, 5.74) is 0.975. The molecular weight excluding hydrogens is 423 g/mol. The molecule has 2 aromatic rings. The van der Waals surface area contributed by atoms with Gasteiger partial charge in [0.1, 0.15) is 5.75 Å². The smallest absolute Gasteiger partial charge is 0.416 e. The van der Waals surface area contributed by atoms with E-state index in [1.807, 2.05) is 0 Å². The molecule has 0 aromatic heterocycles. The van der Waals surface area contributed by atoms with Gasteiger partial charge in [0.05, 0.1) is 18.6 Å². The number of nitrogens with zero attached hydrogens (tertiary/aromatic N) is 1. The van der Waals surface area contributed by atoms with Crippen molar-refractivity contribution in [3.05, 3.63) is 53.1 Å². The Hall–Kier alpha value is -3.03. The number of rotatable bonds is 8. The summed E-state index contributed by atoms with van der Waals surface area (Å²) in [7, 11) is 1.44. The van der Waals surface area contributed by atoms with Crippen LogP contribution in [0.1, 0.15) is 49.3 Å². The average molecular weight is 449 g/mol. The van der Waals surface area contributed by atoms with Crippen molar-refractivity contribution in [3.8, 4) is 16.9 Å². The Morgan fingerprint density at radius 1 is 1.16 bits per heavy atom. The van der Waals surface area contributed by atoms with Crippen molar-refractivity contribution in [2.45, 2.75) is 45.3 Å². The van der Waals surface area contributed by atoms with Gasteiger partial charge in [-0.25, -0.2) is 0 Å². The van der Waals surface area contributed by atoms with Crippen molar-refractivity contribution in [2.24, 2.45) is 5.92 Å². The SMILES string of the molecule is CCN(Cc1cc(C(F)(F)F)ccc1-c1cc([C@H](C)C(=O)O)ccc1OC)C(=O)C1CC1. The first-order chi connectivity index (χ1) is 15.1. The highest BCUT2D eigenvalue weighted by atomic mass is 19.4. The van der Waals surface area contributed by atoms with E-state index in [2.05, 4.69) is 0 Å². The lowest BCUT2D eigenvalue weighted by atomic mass is 9.92. The Morgan fingerprint density at radius 2 is 1.84 bits per heavy atom. The van der Waals surface area contributed by atoms with E-state index in [4.69, 9.17) is 4.74 Å². The number of carboxylic acids is 1. The maximum atomic E-state index is 13.5. The Labute approximate surface area is 184 Å². The second-order valence-corrected chi connectivity index (χ2v) is 8.02. The zero-order valence-electron chi connectivity index (χ0n) is 18.2. The standard InChI is InChI=1S/C24H26F3NO4/c1-4-28(22(29)15-5-6-15)13-17-11-18(24(25,26)27)8-9-19(17)20-12-16(14(2)23(30)31)7-10-21(20)32-3/h7-12,14-15H,4-6,13H2,1-3H3,(H,30,31)/t14-/m0/s1. The van der Waals surface area contributed by atoms with E-state index in [0.29, 0.717) is 34.5 Å². The summed E-state index contributed by atoms with van der Waals surface area (Å²) in [5, 5.41) is 9.37. The molecule has 172 valence electrons. The molecule has 0 spiro atoms. The molecule has 1 aliphatic rings. The molecule has 8 heteroatoms. The zero-order chi connectivity index (χ0) is 23.6. The summed E-state index contributed by atoms with van der Waals surface area (Å²) < 4.78 is 45.8. The first-order valence-electron chi connectivity index (χ1n) is 10.5. The number of hydrogen-bond acceptors (Lipinski definition) is 3.